The van der Waals surface area contributed by atoms with Gasteiger partial charge in [0.1, 0.15) is 11.3 Å². The van der Waals surface area contributed by atoms with Crippen LogP contribution >= 0.6 is 0 Å². The molecule has 4 aromatic rings. The Morgan fingerprint density at radius 2 is 1.73 bits per heavy atom. The summed E-state index contributed by atoms with van der Waals surface area (Å²) < 4.78 is 45.1. The van der Waals surface area contributed by atoms with Crippen LogP contribution in [0.2, 0.25) is 0 Å². The minimum atomic E-state index is -4.40. The van der Waals surface area contributed by atoms with Crippen molar-refractivity contribution in [2.45, 2.75) is 19.5 Å². The normalized spacial score (nSPS) is 11.7. The van der Waals surface area contributed by atoms with Gasteiger partial charge in [0.25, 0.3) is 0 Å². The molecule has 0 radical (unpaired) electrons. The van der Waals surface area contributed by atoms with Gasteiger partial charge in [0, 0.05) is 17.4 Å². The van der Waals surface area contributed by atoms with Gasteiger partial charge in [-0.3, -0.25) is 0 Å². The van der Waals surface area contributed by atoms with Crippen molar-refractivity contribution in [1.29, 1.82) is 0 Å². The number of hydrogen-bond acceptors (Lipinski definition) is 2. The lowest BCUT2D eigenvalue weighted by molar-refractivity contribution is -0.137. The van der Waals surface area contributed by atoms with E-state index >= 15 is 0 Å². The minimum Gasteiger partial charge on any atom is -0.478 e. The Morgan fingerprint density at radius 1 is 1.00 bits per heavy atom. The highest BCUT2D eigenvalue weighted by Gasteiger charge is 2.30. The monoisotopic (exact) mass is 410 g/mol. The maximum atomic E-state index is 13.0. The van der Waals surface area contributed by atoms with Crippen LogP contribution in [0.4, 0.5) is 13.2 Å². The smallest absolute Gasteiger partial charge is 0.416 e. The third kappa shape index (κ3) is 3.68. The Bertz CT molecular complexity index is 1250. The molecule has 0 bridgehead atoms. The van der Waals surface area contributed by atoms with E-state index in [0.717, 1.165) is 28.6 Å². The van der Waals surface area contributed by atoms with Crippen molar-refractivity contribution in [3.8, 4) is 11.1 Å². The van der Waals surface area contributed by atoms with Crippen LogP contribution in [0.3, 0.4) is 0 Å². The van der Waals surface area contributed by atoms with E-state index in [1.807, 2.05) is 25.1 Å². The van der Waals surface area contributed by atoms with Gasteiger partial charge >= 0.3 is 12.1 Å². The van der Waals surface area contributed by atoms with E-state index in [9.17, 15) is 23.1 Å². The van der Waals surface area contributed by atoms with Gasteiger partial charge in [0.15, 0.2) is 0 Å². The third-order valence-corrected chi connectivity index (χ3v) is 5.10. The second-order valence-corrected chi connectivity index (χ2v) is 7.09. The predicted molar refractivity (Wildman–Crippen MR) is 108 cm³/mol. The van der Waals surface area contributed by atoms with Crippen LogP contribution in [0.25, 0.3) is 22.1 Å². The molecule has 0 aliphatic rings. The summed E-state index contributed by atoms with van der Waals surface area (Å²) in [6.07, 6.45) is -4.18. The Morgan fingerprint density at radius 3 is 2.47 bits per heavy atom. The number of alkyl halides is 3. The van der Waals surface area contributed by atoms with E-state index in [1.54, 1.807) is 24.3 Å². The van der Waals surface area contributed by atoms with E-state index in [1.165, 1.54) is 12.1 Å². The van der Waals surface area contributed by atoms with E-state index in [0.29, 0.717) is 22.5 Å². The number of rotatable bonds is 4. The fourth-order valence-electron chi connectivity index (χ4n) is 3.55. The first-order valence-corrected chi connectivity index (χ1v) is 9.25. The average molecular weight is 410 g/mol. The maximum absolute atomic E-state index is 13.0. The number of carboxylic acids is 1. The summed E-state index contributed by atoms with van der Waals surface area (Å²) in [7, 11) is 0. The average Bonchev–Trinajstić information content (AvgIpc) is 3.03. The summed E-state index contributed by atoms with van der Waals surface area (Å²) in [5, 5.41) is 10.1. The molecule has 0 saturated heterocycles. The van der Waals surface area contributed by atoms with Crippen molar-refractivity contribution in [2.75, 3.05) is 0 Å². The highest BCUT2D eigenvalue weighted by Crippen LogP contribution is 2.36. The second kappa shape index (κ2) is 7.37. The van der Waals surface area contributed by atoms with E-state index in [-0.39, 0.29) is 12.0 Å². The molecule has 3 aromatic carbocycles. The fourth-order valence-corrected chi connectivity index (χ4v) is 3.55. The van der Waals surface area contributed by atoms with Crippen LogP contribution in [0.5, 0.6) is 0 Å². The molecule has 4 rings (SSSR count). The van der Waals surface area contributed by atoms with Crippen LogP contribution in [0.15, 0.2) is 71.1 Å². The maximum Gasteiger partial charge on any atom is 0.416 e. The summed E-state index contributed by atoms with van der Waals surface area (Å²) in [6, 6.07) is 17.3. The fraction of sp³-hybridized carbons (Fsp3) is 0.125. The minimum absolute atomic E-state index is 0.164. The number of aromatic carboxylic acids is 1. The van der Waals surface area contributed by atoms with E-state index < -0.39 is 17.7 Å². The van der Waals surface area contributed by atoms with Crippen molar-refractivity contribution < 1.29 is 27.5 Å². The summed E-state index contributed by atoms with van der Waals surface area (Å²) >= 11 is 0. The second-order valence-electron chi connectivity index (χ2n) is 7.09. The van der Waals surface area contributed by atoms with Gasteiger partial charge in [-0.15, -0.1) is 0 Å². The van der Waals surface area contributed by atoms with Crippen molar-refractivity contribution in [1.82, 2.24) is 0 Å². The topological polar surface area (TPSA) is 50.4 Å². The Balaban J connectivity index is 1.78. The number of furan rings is 1. The molecule has 1 heterocycles. The first kappa shape index (κ1) is 19.8. The zero-order valence-electron chi connectivity index (χ0n) is 16.0. The van der Waals surface area contributed by atoms with Gasteiger partial charge in [-0.2, -0.15) is 13.2 Å². The molecule has 0 spiro atoms. The molecular weight excluding hydrogens is 393 g/mol. The summed E-state index contributed by atoms with van der Waals surface area (Å²) in [6.45, 7) is 1.87. The summed E-state index contributed by atoms with van der Waals surface area (Å²) in [4.78, 5) is 11.3. The lowest BCUT2D eigenvalue weighted by Crippen LogP contribution is -2.05. The van der Waals surface area contributed by atoms with E-state index in [4.69, 9.17) is 4.42 Å². The molecule has 30 heavy (non-hydrogen) atoms. The number of fused-ring (bicyclic) bond motifs is 1. The van der Waals surface area contributed by atoms with Crippen LogP contribution in [-0.4, -0.2) is 11.1 Å². The molecule has 0 saturated carbocycles. The summed E-state index contributed by atoms with van der Waals surface area (Å²) in [5.74, 6) is -0.448. The molecule has 152 valence electrons. The molecule has 0 atom stereocenters. The molecule has 1 aromatic heterocycles. The number of carbonyl (C=O) groups is 1. The van der Waals surface area contributed by atoms with Crippen molar-refractivity contribution in [3.63, 3.8) is 0 Å². The first-order chi connectivity index (χ1) is 14.2. The Kier molecular flexibility index (Phi) is 4.86. The predicted octanol–water partition coefficient (Wildman–Crippen LogP) is 6.72. The molecule has 1 N–H and O–H groups in total. The SMILES string of the molecule is Cc1c(Cc2cccc(C(F)(F)F)c2)oc2c(-c3cccc(C(=O)O)c3)cccc12. The number of halogens is 3. The van der Waals surface area contributed by atoms with Crippen LogP contribution in [-0.2, 0) is 12.6 Å². The lowest BCUT2D eigenvalue weighted by Gasteiger charge is -2.08. The molecule has 3 nitrogen and oxygen atoms in total. The van der Waals surface area contributed by atoms with Crippen LogP contribution in [0, 0.1) is 6.92 Å². The molecule has 0 aliphatic heterocycles. The molecule has 0 fully saturated rings. The first-order valence-electron chi connectivity index (χ1n) is 9.25. The van der Waals surface area contributed by atoms with Crippen molar-refractivity contribution in [2.24, 2.45) is 0 Å². The van der Waals surface area contributed by atoms with Gasteiger partial charge in [-0.25, -0.2) is 4.79 Å². The van der Waals surface area contributed by atoms with E-state index in [2.05, 4.69) is 0 Å². The number of para-hydroxylation sites is 1. The Labute approximate surface area is 170 Å². The number of benzene rings is 3. The molecular formula is C24H17F3O3. The molecule has 0 amide bonds. The van der Waals surface area contributed by atoms with Crippen molar-refractivity contribution in [3.05, 3.63) is 94.7 Å². The highest BCUT2D eigenvalue weighted by atomic mass is 19.4. The van der Waals surface area contributed by atoms with Gasteiger partial charge in [-0.05, 0) is 41.8 Å². The number of hydrogen-bond donors (Lipinski definition) is 1. The number of aryl methyl sites for hydroxylation is 1. The third-order valence-electron chi connectivity index (χ3n) is 5.10. The zero-order chi connectivity index (χ0) is 21.5. The Hall–Kier alpha value is -3.54. The van der Waals surface area contributed by atoms with Crippen LogP contribution < -0.4 is 0 Å². The molecule has 0 unspecified atom stereocenters. The molecule has 6 heteroatoms. The quantitative estimate of drug-likeness (QED) is 0.406. The number of carboxylic acid groups (broad SMARTS) is 1. The van der Waals surface area contributed by atoms with Crippen molar-refractivity contribution >= 4 is 16.9 Å². The van der Waals surface area contributed by atoms with Crippen LogP contribution in [0.1, 0.15) is 32.8 Å². The zero-order valence-corrected chi connectivity index (χ0v) is 16.0. The van der Waals surface area contributed by atoms with Gasteiger partial charge in [0.2, 0.25) is 0 Å². The largest absolute Gasteiger partial charge is 0.478 e. The van der Waals surface area contributed by atoms with Gasteiger partial charge in [0.05, 0.1) is 11.1 Å². The summed E-state index contributed by atoms with van der Waals surface area (Å²) in [5.41, 5.74) is 2.82. The molecule has 0 aliphatic carbocycles. The highest BCUT2D eigenvalue weighted by molar-refractivity contribution is 5.96. The standard InChI is InChI=1S/C24H17F3O3/c1-14-19-9-4-10-20(16-6-3-7-17(13-16)23(28)29)22(19)30-21(14)12-15-5-2-8-18(11-15)24(25,26)27/h2-11,13H,12H2,1H3,(H,28,29). The van der Waals surface area contributed by atoms with Gasteiger partial charge < -0.3 is 9.52 Å². The lowest BCUT2D eigenvalue weighted by atomic mass is 9.99. The van der Waals surface area contributed by atoms with Gasteiger partial charge in [-0.1, -0.05) is 48.5 Å².